The smallest absolute Gasteiger partial charge is 0.423 e. The standard InChI is InChI=1S/C21H32FN3O7S2/c1-18(2,3)32-17(26)24(8)34(30,31)21(11-12-21)20(7,23-33(29)19(4,5)6)15-13-14(25(27)28)9-10-16(15)22/h9-10,13,23H,11-12H2,1-8H3/t20-,33?/m1/s1. The van der Waals surface area contributed by atoms with Crippen LogP contribution in [0.5, 0.6) is 0 Å². The van der Waals surface area contributed by atoms with Crippen molar-refractivity contribution in [3.05, 3.63) is 39.7 Å². The van der Waals surface area contributed by atoms with Gasteiger partial charge in [-0.3, -0.25) is 10.1 Å². The van der Waals surface area contributed by atoms with Crippen molar-refractivity contribution in [1.29, 1.82) is 0 Å². The summed E-state index contributed by atoms with van der Waals surface area (Å²) in [6, 6.07) is 2.76. The highest BCUT2D eigenvalue weighted by Crippen LogP contribution is 2.58. The van der Waals surface area contributed by atoms with Crippen molar-refractivity contribution in [3.8, 4) is 0 Å². The first kappa shape index (κ1) is 28.3. The molecule has 1 fully saturated rings. The van der Waals surface area contributed by atoms with Crippen molar-refractivity contribution in [1.82, 2.24) is 9.03 Å². The topological polar surface area (TPSA) is 142 Å². The van der Waals surface area contributed by atoms with Crippen molar-refractivity contribution < 1.29 is 31.8 Å². The van der Waals surface area contributed by atoms with E-state index < -0.39 is 64.5 Å². The molecule has 1 aliphatic rings. The fourth-order valence-electron chi connectivity index (χ4n) is 3.56. The molecule has 34 heavy (non-hydrogen) atoms. The van der Waals surface area contributed by atoms with E-state index in [-0.39, 0.29) is 18.4 Å². The molecule has 0 aromatic heterocycles. The van der Waals surface area contributed by atoms with Gasteiger partial charge in [0.2, 0.25) is 10.0 Å². The first-order chi connectivity index (χ1) is 15.2. The molecule has 0 heterocycles. The van der Waals surface area contributed by atoms with Crippen molar-refractivity contribution in [2.75, 3.05) is 7.05 Å². The number of nitrogens with zero attached hydrogens (tertiary/aromatic N) is 2. The maximum atomic E-state index is 15.1. The number of amides is 1. The van der Waals surface area contributed by atoms with Crippen molar-refractivity contribution in [3.63, 3.8) is 0 Å². The van der Waals surface area contributed by atoms with Gasteiger partial charge in [-0.25, -0.2) is 21.9 Å². The second-order valence-electron chi connectivity index (χ2n) is 10.5. The number of carbonyl (C=O) groups excluding carboxylic acids is 1. The molecule has 192 valence electrons. The molecule has 13 heteroatoms. The van der Waals surface area contributed by atoms with E-state index in [0.717, 1.165) is 25.2 Å². The fraction of sp³-hybridized carbons (Fsp3) is 0.667. The Kier molecular flexibility index (Phi) is 7.42. The summed E-state index contributed by atoms with van der Waals surface area (Å²) in [5, 5.41) is 11.4. The monoisotopic (exact) mass is 521 g/mol. The first-order valence-electron chi connectivity index (χ1n) is 10.6. The van der Waals surface area contributed by atoms with E-state index in [0.29, 0.717) is 4.31 Å². The minimum Gasteiger partial charge on any atom is -0.598 e. The molecule has 0 spiro atoms. The molecule has 1 amide bonds. The molecular weight excluding hydrogens is 489 g/mol. The van der Waals surface area contributed by atoms with Crippen LogP contribution >= 0.6 is 0 Å². The zero-order valence-electron chi connectivity index (χ0n) is 20.6. The van der Waals surface area contributed by atoms with Gasteiger partial charge in [0, 0.05) is 36.1 Å². The summed E-state index contributed by atoms with van der Waals surface area (Å²) in [5.41, 5.74) is -3.66. The SMILES string of the molecule is CN(C(=O)OC(C)(C)C)S(=O)(=O)C1([C@](C)(N[S+]([O-])C(C)(C)C)c2cc([N+](=O)[O-])ccc2F)CC1. The number of non-ortho nitro benzene ring substituents is 1. The van der Waals surface area contributed by atoms with Crippen molar-refractivity contribution in [2.45, 2.75) is 81.9 Å². The molecule has 0 radical (unpaired) electrons. The Balaban J connectivity index is 2.72. The zero-order chi connectivity index (χ0) is 26.5. The summed E-state index contributed by atoms with van der Waals surface area (Å²) in [5.74, 6) is -0.909. The van der Waals surface area contributed by atoms with Gasteiger partial charge in [-0.2, -0.15) is 0 Å². The van der Waals surface area contributed by atoms with Crippen LogP contribution < -0.4 is 4.72 Å². The van der Waals surface area contributed by atoms with E-state index in [9.17, 15) is 27.9 Å². The first-order valence-corrected chi connectivity index (χ1v) is 13.1. The molecule has 10 nitrogen and oxygen atoms in total. The second-order valence-corrected chi connectivity index (χ2v) is 14.7. The highest BCUT2D eigenvalue weighted by molar-refractivity contribution is 7.92. The third-order valence-electron chi connectivity index (χ3n) is 5.67. The minimum atomic E-state index is -4.52. The van der Waals surface area contributed by atoms with E-state index >= 15 is 4.39 Å². The number of nitro benzene ring substituents is 1. The van der Waals surface area contributed by atoms with Crippen LogP contribution in [0.15, 0.2) is 18.2 Å². The van der Waals surface area contributed by atoms with Crippen molar-refractivity contribution >= 4 is 33.2 Å². The summed E-state index contributed by atoms with van der Waals surface area (Å²) in [4.78, 5) is 23.3. The number of hydrogen-bond acceptors (Lipinski definition) is 8. The molecule has 1 aliphatic carbocycles. The molecule has 0 bridgehead atoms. The van der Waals surface area contributed by atoms with Gasteiger partial charge in [-0.05, 0) is 67.4 Å². The van der Waals surface area contributed by atoms with E-state index in [4.69, 9.17) is 4.74 Å². The molecule has 1 N–H and O–H groups in total. The third kappa shape index (κ3) is 5.16. The maximum Gasteiger partial charge on any atom is 0.423 e. The van der Waals surface area contributed by atoms with Crippen molar-refractivity contribution in [2.24, 2.45) is 0 Å². The Labute approximate surface area is 202 Å². The molecule has 0 saturated heterocycles. The lowest BCUT2D eigenvalue weighted by Gasteiger charge is -2.41. The number of sulfonamides is 1. The Morgan fingerprint density at radius 1 is 1.21 bits per heavy atom. The number of ether oxygens (including phenoxy) is 1. The number of nitrogens with one attached hydrogen (secondary N) is 1. The van der Waals surface area contributed by atoms with Gasteiger partial charge in [-0.1, -0.05) is 0 Å². The lowest BCUT2D eigenvalue weighted by atomic mass is 9.86. The van der Waals surface area contributed by atoms with Crippen LogP contribution in [0, 0.1) is 15.9 Å². The third-order valence-corrected chi connectivity index (χ3v) is 10.1. The van der Waals surface area contributed by atoms with Gasteiger partial charge in [0.15, 0.2) is 0 Å². The van der Waals surface area contributed by atoms with Crippen LogP contribution in [0.3, 0.4) is 0 Å². The summed E-state index contributed by atoms with van der Waals surface area (Å²) in [7, 11) is -3.48. The normalized spacial score (nSPS) is 18.5. The second kappa shape index (κ2) is 8.92. The Morgan fingerprint density at radius 2 is 1.74 bits per heavy atom. The number of hydrogen-bond donors (Lipinski definition) is 1. The van der Waals surface area contributed by atoms with Gasteiger partial charge in [0.1, 0.15) is 26.5 Å². The Morgan fingerprint density at radius 3 is 2.15 bits per heavy atom. The maximum absolute atomic E-state index is 15.1. The van der Waals surface area contributed by atoms with Crippen LogP contribution in [-0.4, -0.2) is 50.4 Å². The number of nitro groups is 1. The lowest BCUT2D eigenvalue weighted by Crippen LogP contribution is -2.62. The quantitative estimate of drug-likeness (QED) is 0.325. The molecule has 1 unspecified atom stereocenters. The van der Waals surface area contributed by atoms with E-state index in [1.54, 1.807) is 41.5 Å². The highest BCUT2D eigenvalue weighted by Gasteiger charge is 2.71. The van der Waals surface area contributed by atoms with Crippen LogP contribution in [0.2, 0.25) is 0 Å². The van der Waals surface area contributed by atoms with Gasteiger partial charge >= 0.3 is 6.09 Å². The van der Waals surface area contributed by atoms with E-state index in [1.807, 2.05) is 0 Å². The summed E-state index contributed by atoms with van der Waals surface area (Å²) >= 11 is -1.90. The Hall–Kier alpha value is -1.96. The van der Waals surface area contributed by atoms with Gasteiger partial charge in [0.05, 0.1) is 4.92 Å². The molecular formula is C21H32FN3O7S2. The van der Waals surface area contributed by atoms with Crippen LogP contribution in [0.25, 0.3) is 0 Å². The molecule has 1 saturated carbocycles. The average molecular weight is 522 g/mol. The summed E-state index contributed by atoms with van der Waals surface area (Å²) in [6.45, 7) is 11.0. The number of halogens is 1. The largest absolute Gasteiger partial charge is 0.598 e. The lowest BCUT2D eigenvalue weighted by molar-refractivity contribution is -0.385. The number of rotatable bonds is 7. The average Bonchev–Trinajstić information content (AvgIpc) is 3.48. The van der Waals surface area contributed by atoms with Crippen LogP contribution in [-0.2, 0) is 31.7 Å². The van der Waals surface area contributed by atoms with Crippen LogP contribution in [0.4, 0.5) is 14.9 Å². The molecule has 1 aromatic rings. The zero-order valence-corrected chi connectivity index (χ0v) is 22.2. The fourth-order valence-corrected chi connectivity index (χ4v) is 6.66. The van der Waals surface area contributed by atoms with Gasteiger partial charge < -0.3 is 9.29 Å². The molecule has 1 aromatic carbocycles. The number of carbonyl (C=O) groups is 1. The van der Waals surface area contributed by atoms with E-state index in [2.05, 4.69) is 4.72 Å². The predicted octanol–water partition coefficient (Wildman–Crippen LogP) is 3.73. The Bertz CT molecular complexity index is 1080. The molecule has 0 aliphatic heterocycles. The van der Waals surface area contributed by atoms with Gasteiger partial charge in [0.25, 0.3) is 5.69 Å². The number of benzene rings is 1. The summed E-state index contributed by atoms with van der Waals surface area (Å²) < 4.78 is 61.5. The van der Waals surface area contributed by atoms with Gasteiger partial charge in [-0.15, -0.1) is 4.72 Å². The highest BCUT2D eigenvalue weighted by atomic mass is 32.2. The summed E-state index contributed by atoms with van der Waals surface area (Å²) in [6.07, 6.45) is -1.14. The molecule has 2 rings (SSSR count). The van der Waals surface area contributed by atoms with E-state index in [1.165, 1.54) is 6.92 Å². The predicted molar refractivity (Wildman–Crippen MR) is 126 cm³/mol. The molecule has 2 atom stereocenters. The van der Waals surface area contributed by atoms with Crippen LogP contribution in [0.1, 0.15) is 66.9 Å². The minimum absolute atomic E-state index is 0.00452.